The van der Waals surface area contributed by atoms with Crippen LogP contribution < -0.4 is 5.32 Å². The van der Waals surface area contributed by atoms with Crippen molar-refractivity contribution in [3.63, 3.8) is 0 Å². The third kappa shape index (κ3) is 3.23. The lowest BCUT2D eigenvalue weighted by atomic mass is 10.1. The maximum atomic E-state index is 6.20. The number of pyridine rings is 1. The second-order valence-electron chi connectivity index (χ2n) is 5.13. The van der Waals surface area contributed by atoms with Crippen molar-refractivity contribution in [2.45, 2.75) is 13.0 Å². The summed E-state index contributed by atoms with van der Waals surface area (Å²) < 4.78 is 0. The van der Waals surface area contributed by atoms with E-state index in [-0.39, 0.29) is 0 Å². The number of hydrogen-bond donors (Lipinski definition) is 1. The Balaban J connectivity index is 1.89. The Morgan fingerprint density at radius 2 is 1.90 bits per heavy atom. The molecule has 3 rings (SSSR count). The van der Waals surface area contributed by atoms with Crippen molar-refractivity contribution in [2.75, 3.05) is 7.05 Å². The first-order chi connectivity index (χ1) is 10.3. The quantitative estimate of drug-likeness (QED) is 0.780. The molecule has 0 radical (unpaired) electrons. The summed E-state index contributed by atoms with van der Waals surface area (Å²) >= 11 is 6.20. The van der Waals surface area contributed by atoms with Crippen molar-refractivity contribution in [3.05, 3.63) is 76.4 Å². The predicted molar refractivity (Wildman–Crippen MR) is 88.8 cm³/mol. The van der Waals surface area contributed by atoms with E-state index in [1.54, 1.807) is 0 Å². The highest BCUT2D eigenvalue weighted by atomic mass is 35.5. The Hall–Kier alpha value is -1.90. The number of hydrogen-bond acceptors (Lipinski definition) is 2. The molecule has 0 amide bonds. The summed E-state index contributed by atoms with van der Waals surface area (Å²) in [5.74, 6) is 0. The van der Waals surface area contributed by atoms with E-state index in [1.165, 1.54) is 10.9 Å². The molecular weight excluding hydrogens is 280 g/mol. The number of nitrogens with zero attached hydrogens (tertiary/aromatic N) is 1. The van der Waals surface area contributed by atoms with Crippen molar-refractivity contribution in [1.82, 2.24) is 10.3 Å². The molecular formula is C18H17ClN2. The maximum Gasteiger partial charge on any atom is 0.0705 e. The maximum absolute atomic E-state index is 6.20. The van der Waals surface area contributed by atoms with Crippen LogP contribution >= 0.6 is 11.6 Å². The molecule has 0 bridgehead atoms. The van der Waals surface area contributed by atoms with Gasteiger partial charge in [0.2, 0.25) is 0 Å². The van der Waals surface area contributed by atoms with E-state index in [9.17, 15) is 0 Å². The lowest BCUT2D eigenvalue weighted by molar-refractivity contribution is 0.816. The van der Waals surface area contributed by atoms with Crippen LogP contribution in [0.5, 0.6) is 0 Å². The molecule has 0 saturated heterocycles. The molecule has 0 spiro atoms. The molecule has 1 heterocycles. The highest BCUT2D eigenvalue weighted by Gasteiger charge is 2.04. The summed E-state index contributed by atoms with van der Waals surface area (Å²) in [7, 11) is 1.92. The second-order valence-corrected chi connectivity index (χ2v) is 5.54. The molecule has 0 aliphatic heterocycles. The van der Waals surface area contributed by atoms with Gasteiger partial charge in [-0.15, -0.1) is 0 Å². The van der Waals surface area contributed by atoms with Gasteiger partial charge in [-0.05, 0) is 36.4 Å². The monoisotopic (exact) mass is 296 g/mol. The Morgan fingerprint density at radius 1 is 1.05 bits per heavy atom. The minimum atomic E-state index is 0.776. The van der Waals surface area contributed by atoms with Gasteiger partial charge in [-0.1, -0.05) is 48.0 Å². The van der Waals surface area contributed by atoms with Gasteiger partial charge in [-0.2, -0.15) is 0 Å². The van der Waals surface area contributed by atoms with Crippen molar-refractivity contribution >= 4 is 22.5 Å². The van der Waals surface area contributed by atoms with Crippen LogP contribution in [-0.4, -0.2) is 12.0 Å². The topological polar surface area (TPSA) is 24.9 Å². The van der Waals surface area contributed by atoms with E-state index in [4.69, 9.17) is 16.6 Å². The summed E-state index contributed by atoms with van der Waals surface area (Å²) in [6, 6.07) is 18.6. The Labute approximate surface area is 129 Å². The number of benzene rings is 2. The lowest BCUT2D eigenvalue weighted by Gasteiger charge is -2.08. The molecule has 2 aromatic carbocycles. The fourth-order valence-electron chi connectivity index (χ4n) is 2.48. The van der Waals surface area contributed by atoms with E-state index in [0.717, 1.165) is 34.8 Å². The van der Waals surface area contributed by atoms with Gasteiger partial charge in [-0.25, -0.2) is 0 Å². The van der Waals surface area contributed by atoms with Crippen molar-refractivity contribution < 1.29 is 0 Å². The Kier molecular flexibility index (Phi) is 4.18. The van der Waals surface area contributed by atoms with E-state index < -0.39 is 0 Å². The summed E-state index contributed by atoms with van der Waals surface area (Å²) in [6.45, 7) is 0.776. The van der Waals surface area contributed by atoms with E-state index in [0.29, 0.717) is 0 Å². The number of halogens is 1. The van der Waals surface area contributed by atoms with Gasteiger partial charge in [0.25, 0.3) is 0 Å². The third-order valence-electron chi connectivity index (χ3n) is 3.52. The van der Waals surface area contributed by atoms with Gasteiger partial charge in [0.1, 0.15) is 0 Å². The van der Waals surface area contributed by atoms with Crippen LogP contribution in [0.4, 0.5) is 0 Å². The molecule has 2 nitrogen and oxygen atoms in total. The molecule has 0 saturated carbocycles. The average molecular weight is 297 g/mol. The zero-order valence-electron chi connectivity index (χ0n) is 11.9. The van der Waals surface area contributed by atoms with Crippen molar-refractivity contribution in [2.24, 2.45) is 0 Å². The molecule has 0 fully saturated rings. The van der Waals surface area contributed by atoms with E-state index >= 15 is 0 Å². The summed E-state index contributed by atoms with van der Waals surface area (Å²) in [6.07, 6.45) is 0.818. The smallest absolute Gasteiger partial charge is 0.0705 e. The van der Waals surface area contributed by atoms with Gasteiger partial charge in [-0.3, -0.25) is 4.98 Å². The molecule has 0 aliphatic rings. The molecule has 1 aromatic heterocycles. The fourth-order valence-corrected chi connectivity index (χ4v) is 2.66. The Bertz CT molecular complexity index is 768. The minimum absolute atomic E-state index is 0.776. The van der Waals surface area contributed by atoms with Crippen LogP contribution in [0.15, 0.2) is 54.6 Å². The van der Waals surface area contributed by atoms with Gasteiger partial charge in [0.05, 0.1) is 5.52 Å². The van der Waals surface area contributed by atoms with Crippen LogP contribution in [0.2, 0.25) is 5.02 Å². The van der Waals surface area contributed by atoms with Gasteiger partial charge >= 0.3 is 0 Å². The fraction of sp³-hybridized carbons (Fsp3) is 0.167. The van der Waals surface area contributed by atoms with Crippen LogP contribution in [0.25, 0.3) is 10.9 Å². The molecule has 3 heteroatoms. The van der Waals surface area contributed by atoms with Crippen molar-refractivity contribution in [3.8, 4) is 0 Å². The van der Waals surface area contributed by atoms with Crippen LogP contribution in [0, 0.1) is 0 Å². The molecule has 1 N–H and O–H groups in total. The number of fused-ring (bicyclic) bond motifs is 1. The average Bonchev–Trinajstić information content (AvgIpc) is 2.51. The number of aromatic nitrogens is 1. The molecule has 21 heavy (non-hydrogen) atoms. The van der Waals surface area contributed by atoms with E-state index in [1.807, 2.05) is 31.3 Å². The minimum Gasteiger partial charge on any atom is -0.316 e. The highest BCUT2D eigenvalue weighted by Crippen LogP contribution is 2.20. The summed E-state index contributed by atoms with van der Waals surface area (Å²) in [4.78, 5) is 4.72. The third-order valence-corrected chi connectivity index (χ3v) is 3.89. The Morgan fingerprint density at radius 3 is 2.76 bits per heavy atom. The first kappa shape index (κ1) is 14.1. The first-order valence-corrected chi connectivity index (χ1v) is 7.40. The zero-order chi connectivity index (χ0) is 14.7. The number of rotatable bonds is 4. The SMILES string of the molecule is CNCc1cc(Cc2ccc3ccccc3n2)ccc1Cl. The zero-order valence-corrected chi connectivity index (χ0v) is 12.7. The largest absolute Gasteiger partial charge is 0.316 e. The highest BCUT2D eigenvalue weighted by molar-refractivity contribution is 6.31. The second kappa shape index (κ2) is 6.25. The van der Waals surface area contributed by atoms with Gasteiger partial charge in [0, 0.05) is 29.1 Å². The molecule has 0 unspecified atom stereocenters. The molecule has 3 aromatic rings. The van der Waals surface area contributed by atoms with Crippen LogP contribution in [0.1, 0.15) is 16.8 Å². The van der Waals surface area contributed by atoms with Gasteiger partial charge in [0.15, 0.2) is 0 Å². The molecule has 0 aliphatic carbocycles. The van der Waals surface area contributed by atoms with Crippen LogP contribution in [-0.2, 0) is 13.0 Å². The number of para-hydroxylation sites is 1. The van der Waals surface area contributed by atoms with Crippen molar-refractivity contribution in [1.29, 1.82) is 0 Å². The van der Waals surface area contributed by atoms with Crippen LogP contribution in [0.3, 0.4) is 0 Å². The first-order valence-electron chi connectivity index (χ1n) is 7.03. The van der Waals surface area contributed by atoms with E-state index in [2.05, 4.69) is 35.6 Å². The normalized spacial score (nSPS) is 11.0. The standard InChI is InChI=1S/C18H17ClN2/c1-20-12-15-10-13(6-9-17(15)19)11-16-8-7-14-4-2-3-5-18(14)21-16/h2-10,20H,11-12H2,1H3. The summed E-state index contributed by atoms with van der Waals surface area (Å²) in [5.41, 5.74) is 4.47. The number of nitrogens with one attached hydrogen (secondary N) is 1. The summed E-state index contributed by atoms with van der Waals surface area (Å²) in [5, 5.41) is 5.12. The van der Waals surface area contributed by atoms with Gasteiger partial charge < -0.3 is 5.32 Å². The predicted octanol–water partition coefficient (Wildman–Crippen LogP) is 4.20. The molecule has 106 valence electrons. The molecule has 0 atom stereocenters. The lowest BCUT2D eigenvalue weighted by Crippen LogP contribution is -2.06.